The summed E-state index contributed by atoms with van der Waals surface area (Å²) in [5, 5.41) is 0.582. The van der Waals surface area contributed by atoms with Gasteiger partial charge in [-0.2, -0.15) is 0 Å². The van der Waals surface area contributed by atoms with Gasteiger partial charge in [-0.1, -0.05) is 23.7 Å². The highest BCUT2D eigenvalue weighted by atomic mass is 35.5. The van der Waals surface area contributed by atoms with Crippen LogP contribution in [0.15, 0.2) is 42.5 Å². The number of hydrogen-bond donors (Lipinski definition) is 0. The summed E-state index contributed by atoms with van der Waals surface area (Å²) in [4.78, 5) is 19.4. The molecular formula is C22H25ClN2O3. The number of aryl methyl sites for hydroxylation is 1. The number of nitrogens with zero attached hydrogens (tertiary/aromatic N) is 2. The van der Waals surface area contributed by atoms with Crippen molar-refractivity contribution in [2.75, 3.05) is 19.8 Å². The smallest absolute Gasteiger partial charge is 0.254 e. The minimum absolute atomic E-state index is 0.0336. The van der Waals surface area contributed by atoms with Crippen LogP contribution >= 0.6 is 11.6 Å². The Morgan fingerprint density at radius 1 is 1.29 bits per heavy atom. The molecule has 3 atom stereocenters. The number of fused-ring (bicyclic) bond motifs is 1. The lowest BCUT2D eigenvalue weighted by molar-refractivity contribution is -0.0450. The molecule has 2 fully saturated rings. The summed E-state index contributed by atoms with van der Waals surface area (Å²) in [5.74, 6) is 0.416. The maximum Gasteiger partial charge on any atom is 0.254 e. The molecule has 1 aromatic heterocycles. The Morgan fingerprint density at radius 2 is 2.14 bits per heavy atom. The Balaban J connectivity index is 1.35. The Kier molecular flexibility index (Phi) is 5.95. The van der Waals surface area contributed by atoms with Crippen molar-refractivity contribution in [1.82, 2.24) is 9.88 Å². The quantitative estimate of drug-likeness (QED) is 0.764. The van der Waals surface area contributed by atoms with E-state index in [4.69, 9.17) is 21.1 Å². The molecule has 4 rings (SSSR count). The molecule has 1 aliphatic carbocycles. The molecule has 1 amide bonds. The largest absolute Gasteiger partial charge is 0.375 e. The number of morpholine rings is 1. The summed E-state index contributed by atoms with van der Waals surface area (Å²) in [6.45, 7) is 4.35. The number of rotatable bonds is 5. The van der Waals surface area contributed by atoms with E-state index in [1.54, 1.807) is 12.1 Å². The molecule has 0 spiro atoms. The highest BCUT2D eigenvalue weighted by Gasteiger charge is 2.43. The number of amides is 1. The lowest BCUT2D eigenvalue weighted by Gasteiger charge is -2.37. The molecule has 2 heterocycles. The highest BCUT2D eigenvalue weighted by Crippen LogP contribution is 2.35. The van der Waals surface area contributed by atoms with Gasteiger partial charge in [-0.25, -0.2) is 0 Å². The normalized spacial score (nSPS) is 24.2. The predicted octanol–water partition coefficient (Wildman–Crippen LogP) is 3.88. The molecule has 5 nitrogen and oxygen atoms in total. The first-order chi connectivity index (χ1) is 13.6. The Labute approximate surface area is 170 Å². The van der Waals surface area contributed by atoms with E-state index in [-0.39, 0.29) is 18.1 Å². The van der Waals surface area contributed by atoms with E-state index in [0.717, 1.165) is 24.2 Å². The summed E-state index contributed by atoms with van der Waals surface area (Å²) in [7, 11) is 0. The van der Waals surface area contributed by atoms with Gasteiger partial charge in [0.05, 0.1) is 37.7 Å². The lowest BCUT2D eigenvalue weighted by Crippen LogP contribution is -2.51. The van der Waals surface area contributed by atoms with Gasteiger partial charge in [-0.3, -0.25) is 9.78 Å². The van der Waals surface area contributed by atoms with Crippen LogP contribution in [-0.2, 0) is 16.1 Å². The fourth-order valence-electron chi connectivity index (χ4n) is 4.24. The molecule has 1 saturated heterocycles. The first kappa shape index (κ1) is 19.4. The fraction of sp³-hybridized carbons (Fsp3) is 0.455. The third kappa shape index (κ3) is 4.37. The van der Waals surface area contributed by atoms with Crippen molar-refractivity contribution in [2.45, 2.75) is 38.5 Å². The number of aromatic nitrogens is 1. The van der Waals surface area contributed by atoms with Gasteiger partial charge in [-0.15, -0.1) is 0 Å². The number of ether oxygens (including phenoxy) is 2. The van der Waals surface area contributed by atoms with E-state index >= 15 is 0 Å². The van der Waals surface area contributed by atoms with Gasteiger partial charge in [0.15, 0.2) is 0 Å². The molecule has 1 aromatic carbocycles. The van der Waals surface area contributed by atoms with Crippen LogP contribution in [0, 0.1) is 12.8 Å². The molecule has 0 bridgehead atoms. The highest BCUT2D eigenvalue weighted by molar-refractivity contribution is 6.30. The number of halogens is 1. The number of carbonyl (C=O) groups is 1. The first-order valence-corrected chi connectivity index (χ1v) is 10.2. The molecular weight excluding hydrogens is 376 g/mol. The Morgan fingerprint density at radius 3 is 2.96 bits per heavy atom. The maximum atomic E-state index is 13.0. The Hall–Kier alpha value is -1.95. The minimum atomic E-state index is 0.0336. The average Bonchev–Trinajstić information content (AvgIpc) is 3.10. The van der Waals surface area contributed by atoms with Gasteiger partial charge >= 0.3 is 0 Å². The molecule has 6 heteroatoms. The summed E-state index contributed by atoms with van der Waals surface area (Å²) < 4.78 is 11.9. The molecule has 1 saturated carbocycles. The zero-order valence-corrected chi connectivity index (χ0v) is 16.8. The third-order valence-electron chi connectivity index (χ3n) is 5.52. The van der Waals surface area contributed by atoms with Crippen LogP contribution in [-0.4, -0.2) is 47.7 Å². The summed E-state index contributed by atoms with van der Waals surface area (Å²) in [6, 6.07) is 13.2. The third-order valence-corrected chi connectivity index (χ3v) is 5.75. The topological polar surface area (TPSA) is 51.7 Å². The van der Waals surface area contributed by atoms with E-state index in [2.05, 4.69) is 4.98 Å². The zero-order chi connectivity index (χ0) is 19.5. The number of carbonyl (C=O) groups excluding carboxylic acids is 1. The van der Waals surface area contributed by atoms with Crippen LogP contribution < -0.4 is 0 Å². The van der Waals surface area contributed by atoms with E-state index < -0.39 is 0 Å². The molecule has 28 heavy (non-hydrogen) atoms. The van der Waals surface area contributed by atoms with Gasteiger partial charge in [0.1, 0.15) is 0 Å². The monoisotopic (exact) mass is 400 g/mol. The van der Waals surface area contributed by atoms with Crippen LogP contribution in [0.4, 0.5) is 0 Å². The molecule has 0 radical (unpaired) electrons. The van der Waals surface area contributed by atoms with Crippen molar-refractivity contribution in [3.05, 3.63) is 64.4 Å². The predicted molar refractivity (Wildman–Crippen MR) is 107 cm³/mol. The molecule has 1 aliphatic heterocycles. The van der Waals surface area contributed by atoms with Gasteiger partial charge in [0.2, 0.25) is 0 Å². The standard InChI is InChI=1S/C22H25ClN2O3/c1-15-4-2-7-19(24-15)14-27-13-16-10-20-21(11-16)28-9-8-25(20)22(26)17-5-3-6-18(23)12-17/h2-7,12,16,20-21H,8-11,13-14H2,1H3. The number of hydrogen-bond acceptors (Lipinski definition) is 4. The maximum absolute atomic E-state index is 13.0. The summed E-state index contributed by atoms with van der Waals surface area (Å²) in [5.41, 5.74) is 2.58. The van der Waals surface area contributed by atoms with E-state index in [0.29, 0.717) is 42.9 Å². The SMILES string of the molecule is Cc1cccc(COCC2CC3OCCN(C(=O)c4cccc(Cl)c4)C3C2)n1. The van der Waals surface area contributed by atoms with Crippen molar-refractivity contribution in [2.24, 2.45) is 5.92 Å². The average molecular weight is 401 g/mol. The first-order valence-electron chi connectivity index (χ1n) is 9.78. The van der Waals surface area contributed by atoms with Crippen molar-refractivity contribution < 1.29 is 14.3 Å². The van der Waals surface area contributed by atoms with Crippen LogP contribution in [0.3, 0.4) is 0 Å². The van der Waals surface area contributed by atoms with Crippen LogP contribution in [0.2, 0.25) is 5.02 Å². The van der Waals surface area contributed by atoms with Crippen molar-refractivity contribution >= 4 is 17.5 Å². The molecule has 2 aliphatic rings. The minimum Gasteiger partial charge on any atom is -0.375 e. The molecule has 3 unspecified atom stereocenters. The summed E-state index contributed by atoms with van der Waals surface area (Å²) >= 11 is 6.06. The van der Waals surface area contributed by atoms with Gasteiger partial charge in [0.25, 0.3) is 5.91 Å². The fourth-order valence-corrected chi connectivity index (χ4v) is 4.43. The second kappa shape index (κ2) is 8.60. The van der Waals surface area contributed by atoms with Crippen molar-refractivity contribution in [3.8, 4) is 0 Å². The van der Waals surface area contributed by atoms with Crippen LogP contribution in [0.5, 0.6) is 0 Å². The molecule has 0 N–H and O–H groups in total. The summed E-state index contributed by atoms with van der Waals surface area (Å²) in [6.07, 6.45) is 1.91. The Bertz CT molecular complexity index is 844. The van der Waals surface area contributed by atoms with Crippen LogP contribution in [0.1, 0.15) is 34.6 Å². The van der Waals surface area contributed by atoms with Crippen LogP contribution in [0.25, 0.3) is 0 Å². The van der Waals surface area contributed by atoms with Gasteiger partial charge in [0, 0.05) is 22.8 Å². The van der Waals surface area contributed by atoms with Gasteiger partial charge in [-0.05, 0) is 56.0 Å². The second-order valence-electron chi connectivity index (χ2n) is 7.61. The van der Waals surface area contributed by atoms with Crippen molar-refractivity contribution in [1.29, 1.82) is 0 Å². The van der Waals surface area contributed by atoms with Gasteiger partial charge < -0.3 is 14.4 Å². The zero-order valence-electron chi connectivity index (χ0n) is 16.0. The van der Waals surface area contributed by atoms with E-state index in [1.807, 2.05) is 42.2 Å². The molecule has 148 valence electrons. The lowest BCUT2D eigenvalue weighted by atomic mass is 10.1. The molecule has 2 aromatic rings. The number of benzene rings is 1. The van der Waals surface area contributed by atoms with E-state index in [9.17, 15) is 4.79 Å². The second-order valence-corrected chi connectivity index (χ2v) is 8.04. The van der Waals surface area contributed by atoms with E-state index in [1.165, 1.54) is 0 Å². The number of pyridine rings is 1. The van der Waals surface area contributed by atoms with Crippen molar-refractivity contribution in [3.63, 3.8) is 0 Å².